The van der Waals surface area contributed by atoms with Crippen LogP contribution < -0.4 is 0 Å². The number of nitrogens with zero attached hydrogens (tertiary/aromatic N) is 1. The van der Waals surface area contributed by atoms with Crippen molar-refractivity contribution in [3.8, 4) is 10.6 Å². The fraction of sp³-hybridized carbons (Fsp3) is 0.231. The molecule has 0 amide bonds. The summed E-state index contributed by atoms with van der Waals surface area (Å²) in [5, 5.41) is 9.78. The average molecular weight is 247 g/mol. The molecule has 0 unspecified atom stereocenters. The molecule has 3 nitrogen and oxygen atoms in total. The number of hydrogen-bond acceptors (Lipinski definition) is 3. The Morgan fingerprint density at radius 2 is 1.76 bits per heavy atom. The van der Waals surface area contributed by atoms with Crippen molar-refractivity contribution < 1.29 is 9.90 Å². The fourth-order valence-electron chi connectivity index (χ4n) is 1.82. The molecule has 1 N–H and O–H groups in total. The van der Waals surface area contributed by atoms with Gasteiger partial charge in [-0.2, -0.15) is 0 Å². The minimum Gasteiger partial charge on any atom is -0.477 e. The molecule has 2 aromatic rings. The Labute approximate surface area is 104 Å². The van der Waals surface area contributed by atoms with E-state index in [1.165, 1.54) is 11.3 Å². The van der Waals surface area contributed by atoms with E-state index in [-0.39, 0.29) is 0 Å². The van der Waals surface area contributed by atoms with Crippen LogP contribution in [-0.2, 0) is 0 Å². The Balaban J connectivity index is 2.53. The Morgan fingerprint density at radius 3 is 2.24 bits per heavy atom. The second-order valence-electron chi connectivity index (χ2n) is 4.12. The molecule has 0 fully saturated rings. The van der Waals surface area contributed by atoms with E-state index in [0.717, 1.165) is 21.7 Å². The van der Waals surface area contributed by atoms with E-state index in [2.05, 4.69) is 11.1 Å². The molecule has 0 bridgehead atoms. The highest BCUT2D eigenvalue weighted by Crippen LogP contribution is 2.29. The van der Waals surface area contributed by atoms with Crippen LogP contribution in [0.3, 0.4) is 0 Å². The van der Waals surface area contributed by atoms with E-state index in [0.29, 0.717) is 10.6 Å². The highest BCUT2D eigenvalue weighted by Gasteiger charge is 2.15. The lowest BCUT2D eigenvalue weighted by Crippen LogP contribution is -1.94. The van der Waals surface area contributed by atoms with Gasteiger partial charge in [-0.3, -0.25) is 0 Å². The van der Waals surface area contributed by atoms with Crippen molar-refractivity contribution in [2.24, 2.45) is 0 Å². The number of carboxylic acid groups (broad SMARTS) is 1. The van der Waals surface area contributed by atoms with Crippen LogP contribution in [0.5, 0.6) is 0 Å². The van der Waals surface area contributed by atoms with E-state index < -0.39 is 5.97 Å². The molecule has 1 aromatic heterocycles. The van der Waals surface area contributed by atoms with Crippen LogP contribution in [0.2, 0.25) is 0 Å². The maximum atomic E-state index is 11.0. The molecule has 0 aliphatic heterocycles. The normalized spacial score (nSPS) is 10.5. The lowest BCUT2D eigenvalue weighted by Gasteiger charge is -2.01. The number of carbonyl (C=O) groups is 1. The van der Waals surface area contributed by atoms with Gasteiger partial charge in [0.2, 0.25) is 0 Å². The maximum Gasteiger partial charge on any atom is 0.347 e. The molecular formula is C13H13NO2S. The van der Waals surface area contributed by atoms with E-state index in [4.69, 9.17) is 5.11 Å². The first-order chi connectivity index (χ1) is 7.97. The van der Waals surface area contributed by atoms with Crippen LogP contribution in [-0.4, -0.2) is 16.1 Å². The minimum atomic E-state index is -0.907. The molecule has 0 radical (unpaired) electrons. The molecule has 1 aromatic carbocycles. The summed E-state index contributed by atoms with van der Waals surface area (Å²) in [6.07, 6.45) is 0. The van der Waals surface area contributed by atoms with Crippen molar-refractivity contribution in [2.75, 3.05) is 0 Å². The monoisotopic (exact) mass is 247 g/mol. The van der Waals surface area contributed by atoms with Gasteiger partial charge >= 0.3 is 5.97 Å². The molecule has 0 aliphatic rings. The van der Waals surface area contributed by atoms with Gasteiger partial charge in [-0.25, -0.2) is 9.78 Å². The van der Waals surface area contributed by atoms with Gasteiger partial charge in [0.1, 0.15) is 9.88 Å². The first-order valence-corrected chi connectivity index (χ1v) is 6.08. The summed E-state index contributed by atoms with van der Waals surface area (Å²) >= 11 is 1.23. The van der Waals surface area contributed by atoms with Gasteiger partial charge in [0, 0.05) is 5.56 Å². The summed E-state index contributed by atoms with van der Waals surface area (Å²) in [4.78, 5) is 15.6. The predicted octanol–water partition coefficient (Wildman–Crippen LogP) is 3.43. The van der Waals surface area contributed by atoms with Crippen LogP contribution in [0.1, 0.15) is 26.5 Å². The van der Waals surface area contributed by atoms with E-state index in [1.54, 1.807) is 6.92 Å². The van der Waals surface area contributed by atoms with Crippen molar-refractivity contribution in [3.63, 3.8) is 0 Å². The second-order valence-corrected chi connectivity index (χ2v) is 5.11. The quantitative estimate of drug-likeness (QED) is 0.884. The number of aromatic carboxylic acids is 1. The zero-order valence-electron chi connectivity index (χ0n) is 9.94. The Bertz CT molecular complexity index is 567. The summed E-state index contributed by atoms with van der Waals surface area (Å²) in [6.45, 7) is 5.77. The van der Waals surface area contributed by atoms with Crippen molar-refractivity contribution in [1.82, 2.24) is 4.98 Å². The largest absolute Gasteiger partial charge is 0.477 e. The lowest BCUT2D eigenvalue weighted by atomic mass is 10.1. The number of aromatic nitrogens is 1. The zero-order valence-corrected chi connectivity index (χ0v) is 10.8. The van der Waals surface area contributed by atoms with E-state index in [1.807, 2.05) is 26.0 Å². The summed E-state index contributed by atoms with van der Waals surface area (Å²) in [7, 11) is 0. The van der Waals surface area contributed by atoms with Gasteiger partial charge in [-0.15, -0.1) is 11.3 Å². The first kappa shape index (κ1) is 11.8. The highest BCUT2D eigenvalue weighted by molar-refractivity contribution is 7.17. The molecule has 0 saturated heterocycles. The topological polar surface area (TPSA) is 50.2 Å². The minimum absolute atomic E-state index is 0.319. The standard InChI is InChI=1S/C13H13NO2S/c1-7-4-8(2)6-10(5-7)12-14-9(3)11(17-12)13(15)16/h4-6H,1-3H3,(H,15,16). The average Bonchev–Trinajstić information content (AvgIpc) is 2.59. The van der Waals surface area contributed by atoms with Crippen molar-refractivity contribution in [2.45, 2.75) is 20.8 Å². The lowest BCUT2D eigenvalue weighted by molar-refractivity contribution is 0.0701. The number of hydrogen-bond donors (Lipinski definition) is 1. The SMILES string of the molecule is Cc1cc(C)cc(-c2nc(C)c(C(=O)O)s2)c1. The van der Waals surface area contributed by atoms with Crippen LogP contribution in [0.4, 0.5) is 0 Å². The number of carboxylic acids is 1. The summed E-state index contributed by atoms with van der Waals surface area (Å²) in [5.74, 6) is -0.907. The van der Waals surface area contributed by atoms with Crippen LogP contribution in [0, 0.1) is 20.8 Å². The number of benzene rings is 1. The number of thiazole rings is 1. The molecule has 17 heavy (non-hydrogen) atoms. The van der Waals surface area contributed by atoms with Crippen molar-refractivity contribution >= 4 is 17.3 Å². The molecule has 0 aliphatic carbocycles. The fourth-order valence-corrected chi connectivity index (χ4v) is 2.71. The molecule has 88 valence electrons. The molecule has 0 atom stereocenters. The van der Waals surface area contributed by atoms with Crippen LogP contribution in [0.25, 0.3) is 10.6 Å². The molecule has 1 heterocycles. The summed E-state index contributed by atoms with van der Waals surface area (Å²) in [5.41, 5.74) is 3.88. The highest BCUT2D eigenvalue weighted by atomic mass is 32.1. The zero-order chi connectivity index (χ0) is 12.6. The van der Waals surface area contributed by atoms with Gasteiger partial charge in [0.05, 0.1) is 5.69 Å². The third-order valence-corrected chi connectivity index (χ3v) is 3.65. The van der Waals surface area contributed by atoms with Gasteiger partial charge in [-0.1, -0.05) is 17.2 Å². The van der Waals surface area contributed by atoms with Crippen LogP contribution in [0.15, 0.2) is 18.2 Å². The summed E-state index contributed by atoms with van der Waals surface area (Å²) < 4.78 is 0. The molecule has 0 spiro atoms. The van der Waals surface area contributed by atoms with Gasteiger partial charge in [0.25, 0.3) is 0 Å². The van der Waals surface area contributed by atoms with Gasteiger partial charge in [-0.05, 0) is 32.9 Å². The Morgan fingerprint density at radius 1 is 1.18 bits per heavy atom. The predicted molar refractivity (Wildman–Crippen MR) is 68.7 cm³/mol. The third kappa shape index (κ3) is 2.36. The molecule has 2 rings (SSSR count). The number of rotatable bonds is 2. The van der Waals surface area contributed by atoms with E-state index >= 15 is 0 Å². The van der Waals surface area contributed by atoms with Crippen LogP contribution >= 0.6 is 11.3 Å². The summed E-state index contributed by atoms with van der Waals surface area (Å²) in [6, 6.07) is 6.13. The Kier molecular flexibility index (Phi) is 2.98. The second kappa shape index (κ2) is 4.30. The Hall–Kier alpha value is -1.68. The molecule has 4 heteroatoms. The van der Waals surface area contributed by atoms with Crippen molar-refractivity contribution in [1.29, 1.82) is 0 Å². The molecule has 0 saturated carbocycles. The third-order valence-electron chi connectivity index (χ3n) is 2.46. The van der Waals surface area contributed by atoms with E-state index in [9.17, 15) is 4.79 Å². The van der Waals surface area contributed by atoms with Crippen molar-refractivity contribution in [3.05, 3.63) is 39.9 Å². The smallest absolute Gasteiger partial charge is 0.347 e. The van der Waals surface area contributed by atoms with Gasteiger partial charge in [0.15, 0.2) is 0 Å². The van der Waals surface area contributed by atoms with Gasteiger partial charge < -0.3 is 5.11 Å². The maximum absolute atomic E-state index is 11.0. The number of aryl methyl sites for hydroxylation is 3. The molecular weight excluding hydrogens is 234 g/mol. The first-order valence-electron chi connectivity index (χ1n) is 5.27.